The molecule has 264 valence electrons. The Balaban J connectivity index is 1.39. The van der Waals surface area contributed by atoms with Gasteiger partial charge in [0.05, 0.1) is 38.1 Å². The van der Waals surface area contributed by atoms with Crippen molar-refractivity contribution in [2.45, 2.75) is 165 Å². The van der Waals surface area contributed by atoms with Gasteiger partial charge in [0.2, 0.25) is 0 Å². The minimum absolute atomic E-state index is 0.0503. The Kier molecular flexibility index (Phi) is 20.7. The summed E-state index contributed by atoms with van der Waals surface area (Å²) in [6, 6.07) is -0.584. The molecule has 4 N–H and O–H groups in total. The second-order valence-electron chi connectivity index (χ2n) is 12.6. The first kappa shape index (κ1) is 40.1. The summed E-state index contributed by atoms with van der Waals surface area (Å²) in [5.74, 6) is -0.803. The zero-order valence-corrected chi connectivity index (χ0v) is 28.4. The lowest BCUT2D eigenvalue weighted by atomic mass is 9.94. The number of allylic oxidation sites excluding steroid dienone is 1. The molecule has 0 amide bonds. The van der Waals surface area contributed by atoms with Gasteiger partial charge < -0.3 is 29.8 Å². The number of nitrogens with two attached hydrogens (primary N) is 1. The van der Waals surface area contributed by atoms with Gasteiger partial charge in [0.15, 0.2) is 5.79 Å². The molecule has 12 heteroatoms. The first-order valence-corrected chi connectivity index (χ1v) is 18.8. The van der Waals surface area contributed by atoms with E-state index < -0.39 is 28.3 Å². The van der Waals surface area contributed by atoms with Crippen LogP contribution in [0.25, 0.3) is 0 Å². The van der Waals surface area contributed by atoms with E-state index in [0.29, 0.717) is 13.2 Å². The molecule has 0 spiro atoms. The monoisotopic (exact) mass is 663 g/mol. The lowest BCUT2D eigenvalue weighted by Crippen LogP contribution is -2.41. The molecule has 2 fully saturated rings. The summed E-state index contributed by atoms with van der Waals surface area (Å²) in [6.07, 6.45) is 24.4. The highest BCUT2D eigenvalue weighted by atomic mass is 32.3. The lowest BCUT2D eigenvalue weighted by Gasteiger charge is -2.33. The second kappa shape index (κ2) is 23.2. The Morgan fingerprint density at radius 3 is 2.18 bits per heavy atom. The molecule has 0 saturated carbocycles. The van der Waals surface area contributed by atoms with Gasteiger partial charge in [-0.1, -0.05) is 83.1 Å². The van der Waals surface area contributed by atoms with E-state index in [2.05, 4.69) is 4.18 Å². The zero-order valence-electron chi connectivity index (χ0n) is 27.6. The highest BCUT2D eigenvalue weighted by Gasteiger charge is 2.52. The normalized spacial score (nSPS) is 24.0. The maximum absolute atomic E-state index is 11.4. The number of aliphatic hydroxyl groups is 1. The minimum atomic E-state index is -4.45. The molecule has 2 saturated heterocycles. The van der Waals surface area contributed by atoms with Crippen molar-refractivity contribution in [2.24, 2.45) is 5.73 Å². The first-order valence-electron chi connectivity index (χ1n) is 17.5. The van der Waals surface area contributed by atoms with Gasteiger partial charge in [-0.25, -0.2) is 8.98 Å². The fourth-order valence-electron chi connectivity index (χ4n) is 6.11. The lowest BCUT2D eigenvalue weighted by molar-refractivity contribution is -0.214. The van der Waals surface area contributed by atoms with Crippen molar-refractivity contribution in [3.63, 3.8) is 0 Å². The Morgan fingerprint density at radius 2 is 1.56 bits per heavy atom. The van der Waals surface area contributed by atoms with Crippen LogP contribution in [0.4, 0.5) is 0 Å². The molecule has 2 bridgehead atoms. The molecule has 0 aromatic rings. The Morgan fingerprint density at radius 1 is 0.933 bits per heavy atom. The van der Waals surface area contributed by atoms with Crippen LogP contribution >= 0.6 is 0 Å². The van der Waals surface area contributed by atoms with Crippen LogP contribution in [-0.4, -0.2) is 80.6 Å². The van der Waals surface area contributed by atoms with Crippen molar-refractivity contribution < 1.29 is 46.0 Å². The third-order valence-corrected chi connectivity index (χ3v) is 8.98. The number of fused-ring (bicyclic) bond motifs is 2. The third-order valence-electron chi connectivity index (χ3n) is 8.54. The summed E-state index contributed by atoms with van der Waals surface area (Å²) in [7, 11) is -4.45. The van der Waals surface area contributed by atoms with Crippen LogP contribution in [0, 0.1) is 0 Å². The maximum atomic E-state index is 11.4. The van der Waals surface area contributed by atoms with Crippen molar-refractivity contribution in [3.05, 3.63) is 12.2 Å². The molecule has 2 aliphatic heterocycles. The van der Waals surface area contributed by atoms with E-state index in [9.17, 15) is 18.3 Å². The van der Waals surface area contributed by atoms with E-state index in [1.807, 2.05) is 6.08 Å². The summed E-state index contributed by atoms with van der Waals surface area (Å²) in [5.41, 5.74) is 5.67. The van der Waals surface area contributed by atoms with E-state index in [-0.39, 0.29) is 31.4 Å². The average Bonchev–Trinajstić information content (AvgIpc) is 3.30. The number of rotatable bonds is 28. The van der Waals surface area contributed by atoms with Gasteiger partial charge in [-0.05, 0) is 45.4 Å². The van der Waals surface area contributed by atoms with Gasteiger partial charge in [0.25, 0.3) is 0 Å². The molecule has 45 heavy (non-hydrogen) atoms. The minimum Gasteiger partial charge on any atom is -0.463 e. The molecular formula is C33H61NO10S. The molecule has 11 nitrogen and oxygen atoms in total. The van der Waals surface area contributed by atoms with E-state index in [0.717, 1.165) is 64.2 Å². The van der Waals surface area contributed by atoms with E-state index >= 15 is 0 Å². The standard InChI is InChI=1S/C33H61NO10S/c1-2-41-31(36)21-17-13-12-16-20-30-32-29(35)22-24-33(43-30,44-32)23-18-14-10-8-6-4-3-5-7-9-11-15-19-25-40-26-28(34)27-42-45(37,38)39/h17,21,28-30,32,35H,2-16,18-20,22-27,34H2,1H3,(H,37,38,39)/b21-17+/t28-,29+,30+,32+,33-/m1/s1. The molecule has 0 aromatic heterocycles. The smallest absolute Gasteiger partial charge is 0.397 e. The fraction of sp³-hybridized carbons (Fsp3) is 0.909. The predicted octanol–water partition coefficient (Wildman–Crippen LogP) is 5.93. The largest absolute Gasteiger partial charge is 0.463 e. The van der Waals surface area contributed by atoms with Crippen molar-refractivity contribution in [1.82, 2.24) is 0 Å². The number of hydrogen-bond donors (Lipinski definition) is 3. The molecule has 0 aromatic carbocycles. The van der Waals surface area contributed by atoms with Crippen LogP contribution in [-0.2, 0) is 38.3 Å². The molecular weight excluding hydrogens is 602 g/mol. The van der Waals surface area contributed by atoms with Crippen LogP contribution in [0.15, 0.2) is 12.2 Å². The number of hydrogen-bond acceptors (Lipinski definition) is 10. The SMILES string of the molecule is CCOC(=O)/C=C/CCCC[C@@H]1O[C@@]2(CCCCCCCCCCCCCCCOC[C@@H](N)COS(=O)(=O)O)CC[C@H](O)[C@@H]1O2. The van der Waals surface area contributed by atoms with Crippen molar-refractivity contribution in [1.29, 1.82) is 0 Å². The number of esters is 1. The molecule has 0 unspecified atom stereocenters. The summed E-state index contributed by atoms with van der Waals surface area (Å²) in [5, 5.41) is 10.5. The fourth-order valence-corrected chi connectivity index (χ4v) is 6.46. The molecule has 2 heterocycles. The number of carbonyl (C=O) groups excluding carboxylic acids is 1. The summed E-state index contributed by atoms with van der Waals surface area (Å²) in [6.45, 7) is 2.69. The highest BCUT2D eigenvalue weighted by molar-refractivity contribution is 7.80. The van der Waals surface area contributed by atoms with Crippen molar-refractivity contribution in [2.75, 3.05) is 26.4 Å². The Bertz CT molecular complexity index is 917. The summed E-state index contributed by atoms with van der Waals surface area (Å²) >= 11 is 0. The van der Waals surface area contributed by atoms with Crippen molar-refractivity contribution >= 4 is 16.4 Å². The summed E-state index contributed by atoms with van der Waals surface area (Å²) in [4.78, 5) is 11.4. The van der Waals surface area contributed by atoms with Crippen LogP contribution < -0.4 is 5.73 Å². The van der Waals surface area contributed by atoms with Crippen molar-refractivity contribution in [3.8, 4) is 0 Å². The van der Waals surface area contributed by atoms with Crippen LogP contribution in [0.5, 0.6) is 0 Å². The van der Waals surface area contributed by atoms with Gasteiger partial charge in [0, 0.05) is 25.5 Å². The number of ether oxygens (including phenoxy) is 4. The van der Waals surface area contributed by atoms with Gasteiger partial charge >= 0.3 is 16.4 Å². The number of aliphatic hydroxyl groups excluding tert-OH is 1. The summed E-state index contributed by atoms with van der Waals surface area (Å²) < 4.78 is 56.9. The molecule has 2 aliphatic rings. The zero-order chi connectivity index (χ0) is 32.8. The molecule has 2 rings (SSSR count). The topological polar surface area (TPSA) is 164 Å². The van der Waals surface area contributed by atoms with E-state index in [4.69, 9.17) is 29.2 Å². The van der Waals surface area contributed by atoms with Gasteiger partial charge in [-0.15, -0.1) is 0 Å². The first-order chi connectivity index (χ1) is 21.6. The Labute approximate surface area is 271 Å². The quantitative estimate of drug-likeness (QED) is 0.0394. The average molecular weight is 664 g/mol. The molecule has 0 radical (unpaired) electrons. The maximum Gasteiger partial charge on any atom is 0.397 e. The van der Waals surface area contributed by atoms with Gasteiger partial charge in [0.1, 0.15) is 6.10 Å². The molecule has 5 atom stereocenters. The van der Waals surface area contributed by atoms with Gasteiger partial charge in [-0.3, -0.25) is 4.55 Å². The van der Waals surface area contributed by atoms with E-state index in [1.165, 1.54) is 70.3 Å². The highest BCUT2D eigenvalue weighted by Crippen LogP contribution is 2.44. The van der Waals surface area contributed by atoms with E-state index in [1.54, 1.807) is 6.92 Å². The number of carbonyl (C=O) groups is 1. The van der Waals surface area contributed by atoms with Crippen LogP contribution in [0.3, 0.4) is 0 Å². The predicted molar refractivity (Wildman–Crippen MR) is 173 cm³/mol. The van der Waals surface area contributed by atoms with Crippen LogP contribution in [0.1, 0.15) is 135 Å². The van der Waals surface area contributed by atoms with Crippen LogP contribution in [0.2, 0.25) is 0 Å². The Hall–Kier alpha value is -1.12. The third kappa shape index (κ3) is 18.7. The number of unbranched alkanes of at least 4 members (excludes halogenated alkanes) is 14. The van der Waals surface area contributed by atoms with Gasteiger partial charge in [-0.2, -0.15) is 8.42 Å². The second-order valence-corrected chi connectivity index (χ2v) is 13.7. The molecule has 0 aliphatic carbocycles.